The number of rotatable bonds is 0. The zero-order valence-electron chi connectivity index (χ0n) is 1.53. The molecule has 0 bridgehead atoms. The predicted molar refractivity (Wildman–Crippen MR) is 8.28 cm³/mol. The standard InChI is InChI=1S/Cu.Mo.O.S. The minimum atomic E-state index is 0.700. The van der Waals surface area contributed by atoms with Crippen LogP contribution in [0.4, 0.5) is 0 Å². The molecule has 0 aromatic heterocycles. The van der Waals surface area contributed by atoms with Crippen LogP contribution in [0.2, 0.25) is 0 Å². The summed E-state index contributed by atoms with van der Waals surface area (Å²) in [5, 5.41) is 0. The van der Waals surface area contributed by atoms with E-state index in [2.05, 4.69) is 24.9 Å². The normalized spacial score (nSPS) is 2.50. The van der Waals surface area contributed by atoms with Crippen molar-refractivity contribution in [2.24, 2.45) is 0 Å². The molecular weight excluding hydrogens is 208 g/mol. The molecule has 0 rings (SSSR count). The van der Waals surface area contributed by atoms with E-state index in [1.807, 2.05) is 0 Å². The monoisotopic (exact) mass is 209 g/mol. The first kappa shape index (κ1) is 8.97. The van der Waals surface area contributed by atoms with Gasteiger partial charge in [0.15, 0.2) is 0 Å². The molecule has 0 aromatic carbocycles. The molecule has 0 atom stereocenters. The summed E-state index contributed by atoms with van der Waals surface area (Å²) in [6, 6.07) is 0. The van der Waals surface area contributed by atoms with Crippen LogP contribution < -0.4 is 0 Å². The van der Waals surface area contributed by atoms with Crippen LogP contribution in [0.3, 0.4) is 0 Å². The topological polar surface area (TPSA) is 17.1 Å². The molecule has 0 fully saturated rings. The van der Waals surface area contributed by atoms with Crippen molar-refractivity contribution in [1.82, 2.24) is 0 Å². The fourth-order valence-electron chi connectivity index (χ4n) is 0. The molecule has 4 heavy (non-hydrogen) atoms. The Morgan fingerprint density at radius 1 is 1.50 bits per heavy atom. The van der Waals surface area contributed by atoms with Crippen molar-refractivity contribution >= 4 is 10.6 Å². The maximum atomic E-state index is 8.26. The van der Waals surface area contributed by atoms with Gasteiger partial charge in [-0.05, 0) is 0 Å². The molecule has 1 nitrogen and oxygen atoms in total. The molecule has 0 unspecified atom stereocenters. The summed E-state index contributed by atoms with van der Waals surface area (Å²) < 4.78 is 8.26. The van der Waals surface area contributed by atoms with E-state index >= 15 is 0 Å². The van der Waals surface area contributed by atoms with Crippen LogP contribution >= 0.6 is 10.6 Å². The van der Waals surface area contributed by atoms with Crippen molar-refractivity contribution < 1.29 is 37.6 Å². The van der Waals surface area contributed by atoms with Gasteiger partial charge in [-0.2, -0.15) is 0 Å². The van der Waals surface area contributed by atoms with Gasteiger partial charge in [0.25, 0.3) is 0 Å². The number of hydrogen-bond acceptors (Lipinski definition) is 2. The van der Waals surface area contributed by atoms with Crippen molar-refractivity contribution in [1.29, 1.82) is 0 Å². The van der Waals surface area contributed by atoms with Gasteiger partial charge < -0.3 is 0 Å². The Kier molecular flexibility index (Phi) is 65.5. The van der Waals surface area contributed by atoms with Crippen molar-refractivity contribution in [3.05, 3.63) is 0 Å². The average molecular weight is 208 g/mol. The van der Waals surface area contributed by atoms with Crippen LogP contribution in [-0.4, -0.2) is 0 Å². The van der Waals surface area contributed by atoms with Gasteiger partial charge in [-0.3, -0.25) is 0 Å². The Morgan fingerprint density at radius 2 is 1.50 bits per heavy atom. The van der Waals surface area contributed by atoms with Gasteiger partial charge in [-0.1, -0.05) is 0 Å². The first-order valence-corrected chi connectivity index (χ1v) is 2.51. The summed E-state index contributed by atoms with van der Waals surface area (Å²) in [6.07, 6.45) is 0. The first-order chi connectivity index (χ1) is 2.00. The van der Waals surface area contributed by atoms with E-state index < -0.39 is 0 Å². The van der Waals surface area contributed by atoms with Crippen molar-refractivity contribution in [2.45, 2.75) is 0 Å². The van der Waals surface area contributed by atoms with Crippen molar-refractivity contribution in [3.63, 3.8) is 0 Å². The summed E-state index contributed by atoms with van der Waals surface area (Å²) >= 11 is 4.47. The fraction of sp³-hybridized carbons (Fsp3) is 0. The van der Waals surface area contributed by atoms with Crippen LogP contribution in [0.1, 0.15) is 0 Å². The second-order valence-corrected chi connectivity index (χ2v) is 0. The number of hydrogen-bond donors (Lipinski definition) is 0. The molecule has 0 heterocycles. The van der Waals surface area contributed by atoms with E-state index in [0.29, 0.717) is 19.8 Å². The molecular formula is CuMoOS. The second kappa shape index (κ2) is 29.2. The zero-order valence-corrected chi connectivity index (χ0v) is 5.29. The SMILES string of the molecule is [O]=[Mo].[S]=[Cu]. The Morgan fingerprint density at radius 3 is 1.50 bits per heavy atom. The molecule has 0 N–H and O–H groups in total. The molecule has 0 saturated heterocycles. The average Bonchev–Trinajstić information content (AvgIpc) is 1.50. The summed E-state index contributed by atoms with van der Waals surface area (Å²) in [6.45, 7) is 0. The van der Waals surface area contributed by atoms with Crippen LogP contribution in [0.15, 0.2) is 0 Å². The second-order valence-electron chi connectivity index (χ2n) is 0. The summed E-state index contributed by atoms with van der Waals surface area (Å²) in [5.74, 6) is 0. The molecule has 0 spiro atoms. The van der Waals surface area contributed by atoms with Gasteiger partial charge in [0, 0.05) is 0 Å². The van der Waals surface area contributed by atoms with Gasteiger partial charge in [0.05, 0.1) is 0 Å². The third-order valence-electron chi connectivity index (χ3n) is 0. The van der Waals surface area contributed by atoms with Gasteiger partial charge in [-0.15, -0.1) is 0 Å². The molecule has 0 aliphatic heterocycles. The first-order valence-electron chi connectivity index (χ1n) is 0.290. The maximum absolute atomic E-state index is 8.26. The molecule has 29 valence electrons. The van der Waals surface area contributed by atoms with Crippen molar-refractivity contribution in [3.8, 4) is 0 Å². The van der Waals surface area contributed by atoms with Gasteiger partial charge in [0.1, 0.15) is 0 Å². The third-order valence-corrected chi connectivity index (χ3v) is 0. The Balaban J connectivity index is 0. The van der Waals surface area contributed by atoms with E-state index in [0.717, 1.165) is 0 Å². The molecule has 0 radical (unpaired) electrons. The summed E-state index contributed by atoms with van der Waals surface area (Å²) in [4.78, 5) is 0. The van der Waals surface area contributed by atoms with E-state index in [1.54, 1.807) is 0 Å². The van der Waals surface area contributed by atoms with Gasteiger partial charge in [-0.25, -0.2) is 0 Å². The van der Waals surface area contributed by atoms with E-state index in [4.69, 9.17) is 3.40 Å². The molecule has 0 amide bonds. The molecule has 0 aliphatic rings. The van der Waals surface area contributed by atoms with Crippen LogP contribution in [0, 0.1) is 0 Å². The van der Waals surface area contributed by atoms with Gasteiger partial charge in [0.2, 0.25) is 0 Å². The Bertz CT molecular complexity index is 10.0. The molecule has 0 aromatic rings. The van der Waals surface area contributed by atoms with Gasteiger partial charge >= 0.3 is 48.1 Å². The summed E-state index contributed by atoms with van der Waals surface area (Å²) in [7, 11) is 3.65. The predicted octanol–water partition coefficient (Wildman–Crippen LogP) is 0.524. The minimum absolute atomic E-state index is 0.700. The quantitative estimate of drug-likeness (QED) is 0.539. The Hall–Kier alpha value is 1.23. The van der Waals surface area contributed by atoms with Crippen molar-refractivity contribution in [2.75, 3.05) is 0 Å². The van der Waals surface area contributed by atoms with Crippen LogP contribution in [0.5, 0.6) is 0 Å². The molecule has 4 heteroatoms. The van der Waals surface area contributed by atoms with E-state index in [9.17, 15) is 0 Å². The molecule has 0 saturated carbocycles. The summed E-state index contributed by atoms with van der Waals surface area (Å²) in [5.41, 5.74) is 0. The Labute approximate surface area is 48.0 Å². The fourth-order valence-corrected chi connectivity index (χ4v) is 0. The molecule has 0 aliphatic carbocycles. The third kappa shape index (κ3) is 10.6. The zero-order chi connectivity index (χ0) is 4.00. The van der Waals surface area contributed by atoms with Crippen LogP contribution in [-0.2, 0) is 37.6 Å². The van der Waals surface area contributed by atoms with Crippen LogP contribution in [0.25, 0.3) is 0 Å². The van der Waals surface area contributed by atoms with E-state index in [-0.39, 0.29) is 0 Å². The van der Waals surface area contributed by atoms with E-state index in [1.165, 1.54) is 0 Å².